The normalized spacial score (nSPS) is 11.2. The monoisotopic (exact) mass is 342 g/mol. The summed E-state index contributed by atoms with van der Waals surface area (Å²) in [5, 5.41) is 13.7. The highest BCUT2D eigenvalue weighted by Gasteiger charge is 2.16. The van der Waals surface area contributed by atoms with E-state index in [1.54, 1.807) is 31.3 Å². The highest BCUT2D eigenvalue weighted by molar-refractivity contribution is 7.10. The third kappa shape index (κ3) is 3.61. The van der Waals surface area contributed by atoms with E-state index < -0.39 is 5.97 Å². The molecule has 0 aliphatic carbocycles. The minimum absolute atomic E-state index is 0.0851. The van der Waals surface area contributed by atoms with Gasteiger partial charge in [0.15, 0.2) is 0 Å². The molecule has 0 bridgehead atoms. The maximum atomic E-state index is 11.7. The lowest BCUT2D eigenvalue weighted by Gasteiger charge is -2.02. The Morgan fingerprint density at radius 3 is 2.71 bits per heavy atom. The Labute approximate surface area is 133 Å². The zero-order chi connectivity index (χ0) is 15.4. The second kappa shape index (κ2) is 6.72. The zero-order valence-electron chi connectivity index (χ0n) is 10.7. The maximum absolute atomic E-state index is 11.7. The third-order valence-corrected chi connectivity index (χ3v) is 3.57. The molecule has 0 spiro atoms. The van der Waals surface area contributed by atoms with Gasteiger partial charge in [-0.3, -0.25) is 0 Å². The smallest absolute Gasteiger partial charge is 0.369 e. The summed E-state index contributed by atoms with van der Waals surface area (Å²) < 4.78 is 6.19. The van der Waals surface area contributed by atoms with Gasteiger partial charge in [-0.25, -0.2) is 9.48 Å². The molecule has 6 nitrogen and oxygen atoms in total. The van der Waals surface area contributed by atoms with Crippen molar-refractivity contribution in [2.24, 2.45) is 4.99 Å². The van der Waals surface area contributed by atoms with Crippen LogP contribution >= 0.6 is 34.5 Å². The molecule has 1 aromatic heterocycles. The summed E-state index contributed by atoms with van der Waals surface area (Å²) >= 11 is 12.8. The minimum atomic E-state index is -0.580. The number of hydrogen-bond donors (Lipinski definition) is 0. The molecule has 108 valence electrons. The van der Waals surface area contributed by atoms with Crippen molar-refractivity contribution in [1.82, 2.24) is 9.78 Å². The molecule has 2 rings (SSSR count). The number of nitriles is 1. The Kier molecular flexibility index (Phi) is 4.96. The second-order valence-electron chi connectivity index (χ2n) is 3.66. The van der Waals surface area contributed by atoms with Crippen molar-refractivity contribution in [3.05, 3.63) is 38.1 Å². The van der Waals surface area contributed by atoms with Crippen LogP contribution in [-0.4, -0.2) is 22.4 Å². The third-order valence-electron chi connectivity index (χ3n) is 2.25. The fraction of sp³-hybridized carbons (Fsp3) is 0.167. The van der Waals surface area contributed by atoms with Crippen molar-refractivity contribution >= 4 is 40.5 Å². The quantitative estimate of drug-likeness (QED) is 0.634. The summed E-state index contributed by atoms with van der Waals surface area (Å²) in [5.41, 5.74) is 0.494. The summed E-state index contributed by atoms with van der Waals surface area (Å²) in [6.45, 7) is 1.92. The molecular weight excluding hydrogens is 335 g/mol. The van der Waals surface area contributed by atoms with Crippen LogP contribution < -0.4 is 4.80 Å². The van der Waals surface area contributed by atoms with Crippen molar-refractivity contribution < 1.29 is 9.53 Å². The number of carbonyl (C=O) groups is 1. The van der Waals surface area contributed by atoms with Crippen LogP contribution in [0.4, 0.5) is 0 Å². The highest BCUT2D eigenvalue weighted by atomic mass is 35.5. The van der Waals surface area contributed by atoms with Gasteiger partial charge in [0.25, 0.3) is 0 Å². The summed E-state index contributed by atoms with van der Waals surface area (Å²) in [4.78, 5) is 15.6. The first-order chi connectivity index (χ1) is 10.0. The Morgan fingerprint density at radius 1 is 1.48 bits per heavy atom. The maximum Gasteiger partial charge on any atom is 0.369 e. The number of hydrogen-bond acceptors (Lipinski definition) is 6. The zero-order valence-corrected chi connectivity index (χ0v) is 13.0. The van der Waals surface area contributed by atoms with Crippen LogP contribution in [0.5, 0.6) is 0 Å². The Balaban J connectivity index is 2.60. The molecular formula is C12H8Cl2N4O2S. The molecule has 0 aliphatic heterocycles. The average Bonchev–Trinajstić information content (AvgIpc) is 2.82. The fourth-order valence-corrected chi connectivity index (χ4v) is 2.77. The largest absolute Gasteiger partial charge is 0.461 e. The van der Waals surface area contributed by atoms with Crippen molar-refractivity contribution in [3.8, 4) is 11.9 Å². The number of esters is 1. The number of benzene rings is 1. The van der Waals surface area contributed by atoms with Crippen LogP contribution in [-0.2, 0) is 4.74 Å². The van der Waals surface area contributed by atoms with Gasteiger partial charge in [-0.1, -0.05) is 34.5 Å². The molecule has 0 atom stereocenters. The van der Waals surface area contributed by atoms with E-state index in [0.29, 0.717) is 15.7 Å². The number of halogens is 2. The first-order valence-electron chi connectivity index (χ1n) is 5.71. The number of nitrogens with zero attached hydrogens (tertiary/aromatic N) is 4. The van der Waals surface area contributed by atoms with Crippen molar-refractivity contribution in [2.45, 2.75) is 6.92 Å². The number of carbonyl (C=O) groups excluding carboxylic acids is 1. The molecule has 0 aliphatic rings. The highest BCUT2D eigenvalue weighted by Crippen LogP contribution is 2.21. The number of aromatic nitrogens is 2. The van der Waals surface area contributed by atoms with E-state index in [0.717, 1.165) is 11.3 Å². The van der Waals surface area contributed by atoms with Crippen LogP contribution in [0.2, 0.25) is 10.0 Å². The SMILES string of the molecule is CCOC(=O)c1nn(-c2cc(Cl)cc(Cl)c2)c(=NC#N)s1. The molecule has 21 heavy (non-hydrogen) atoms. The van der Waals surface area contributed by atoms with Crippen LogP contribution in [0.1, 0.15) is 16.7 Å². The van der Waals surface area contributed by atoms with Crippen LogP contribution in [0.3, 0.4) is 0 Å². The van der Waals surface area contributed by atoms with Gasteiger partial charge in [-0.15, -0.1) is 10.1 Å². The summed E-state index contributed by atoms with van der Waals surface area (Å²) in [6.07, 6.45) is 1.66. The van der Waals surface area contributed by atoms with Crippen molar-refractivity contribution in [1.29, 1.82) is 5.26 Å². The molecule has 0 radical (unpaired) electrons. The Bertz CT molecular complexity index is 771. The van der Waals surface area contributed by atoms with Gasteiger partial charge in [0.2, 0.25) is 16.0 Å². The van der Waals surface area contributed by atoms with E-state index in [9.17, 15) is 4.79 Å². The van der Waals surface area contributed by atoms with Gasteiger partial charge in [-0.05, 0) is 25.1 Å². The van der Waals surface area contributed by atoms with Gasteiger partial charge < -0.3 is 4.74 Å². The average molecular weight is 343 g/mol. The molecule has 0 fully saturated rings. The molecule has 2 aromatic rings. The van der Waals surface area contributed by atoms with E-state index in [4.69, 9.17) is 33.2 Å². The van der Waals surface area contributed by atoms with Gasteiger partial charge >= 0.3 is 5.97 Å². The van der Waals surface area contributed by atoms with Gasteiger partial charge in [0, 0.05) is 10.0 Å². The second-order valence-corrected chi connectivity index (χ2v) is 5.49. The first-order valence-corrected chi connectivity index (χ1v) is 7.29. The topological polar surface area (TPSA) is 80.3 Å². The minimum Gasteiger partial charge on any atom is -0.461 e. The van der Waals surface area contributed by atoms with Crippen molar-refractivity contribution in [3.63, 3.8) is 0 Å². The van der Waals surface area contributed by atoms with E-state index >= 15 is 0 Å². The predicted molar refractivity (Wildman–Crippen MR) is 78.6 cm³/mol. The molecule has 0 N–H and O–H groups in total. The Hall–Kier alpha value is -1.88. The summed E-state index contributed by atoms with van der Waals surface area (Å²) in [7, 11) is 0. The number of rotatable bonds is 3. The summed E-state index contributed by atoms with van der Waals surface area (Å²) in [5.74, 6) is -0.580. The molecule has 0 saturated carbocycles. The van der Waals surface area contributed by atoms with Crippen LogP contribution in [0.15, 0.2) is 23.2 Å². The Morgan fingerprint density at radius 2 is 2.14 bits per heavy atom. The molecule has 0 saturated heterocycles. The van der Waals surface area contributed by atoms with Crippen LogP contribution in [0.25, 0.3) is 5.69 Å². The van der Waals surface area contributed by atoms with Gasteiger partial charge in [0.1, 0.15) is 0 Å². The predicted octanol–water partition coefficient (Wildman–Crippen LogP) is 2.80. The molecule has 1 aromatic carbocycles. The lowest BCUT2D eigenvalue weighted by atomic mass is 10.3. The lowest BCUT2D eigenvalue weighted by molar-refractivity contribution is 0.0524. The van der Waals surface area contributed by atoms with E-state index in [1.165, 1.54) is 4.68 Å². The van der Waals surface area contributed by atoms with E-state index in [1.807, 2.05) is 0 Å². The fourth-order valence-electron chi connectivity index (χ4n) is 1.50. The van der Waals surface area contributed by atoms with E-state index in [-0.39, 0.29) is 16.4 Å². The van der Waals surface area contributed by atoms with Gasteiger partial charge in [-0.2, -0.15) is 5.26 Å². The van der Waals surface area contributed by atoms with Gasteiger partial charge in [0.05, 0.1) is 12.3 Å². The molecule has 9 heteroatoms. The summed E-state index contributed by atoms with van der Waals surface area (Å²) in [6, 6.07) is 4.75. The van der Waals surface area contributed by atoms with E-state index in [2.05, 4.69) is 10.1 Å². The van der Waals surface area contributed by atoms with Crippen LogP contribution in [0, 0.1) is 11.5 Å². The molecule has 1 heterocycles. The van der Waals surface area contributed by atoms with Crippen molar-refractivity contribution in [2.75, 3.05) is 6.61 Å². The molecule has 0 amide bonds. The number of ether oxygens (including phenoxy) is 1. The standard InChI is InChI=1S/C12H8Cl2N4O2S/c1-2-20-11(19)10-17-18(12(21-10)16-6-15)9-4-7(13)3-8(14)5-9/h3-5H,2H2,1H3. The first kappa shape index (κ1) is 15.5. The molecule has 0 unspecified atom stereocenters. The lowest BCUT2D eigenvalue weighted by Crippen LogP contribution is -2.14.